The Kier molecular flexibility index (Phi) is 4.55. The molecule has 102 valence electrons. The monoisotopic (exact) mass is 325 g/mol. The van der Waals surface area contributed by atoms with Crippen LogP contribution >= 0.6 is 15.9 Å². The van der Waals surface area contributed by atoms with E-state index in [0.29, 0.717) is 26.1 Å². The maximum atomic E-state index is 12.3. The number of halogens is 1. The topological polar surface area (TPSA) is 75.4 Å². The minimum atomic E-state index is -0.598. The van der Waals surface area contributed by atoms with E-state index in [0.717, 1.165) is 10.2 Å². The third kappa shape index (κ3) is 2.96. The molecule has 6 heteroatoms. The summed E-state index contributed by atoms with van der Waals surface area (Å²) in [5.74, 6) is -0.981. The molecule has 2 rings (SSSR count). The van der Waals surface area contributed by atoms with Crippen molar-refractivity contribution in [2.45, 2.75) is 6.42 Å². The SMILES string of the molecule is NCCNC(=O)C1CCN(c2ccccc2Br)C1=O. The Bertz CT molecular complexity index is 493. The summed E-state index contributed by atoms with van der Waals surface area (Å²) in [6.45, 7) is 1.33. The van der Waals surface area contributed by atoms with Gasteiger partial charge in [-0.05, 0) is 34.5 Å². The first-order valence-corrected chi connectivity index (χ1v) is 6.98. The third-order valence-corrected chi connectivity index (χ3v) is 3.78. The summed E-state index contributed by atoms with van der Waals surface area (Å²) in [6.07, 6.45) is 0.538. The van der Waals surface area contributed by atoms with Crippen LogP contribution in [0.25, 0.3) is 0 Å². The van der Waals surface area contributed by atoms with Crippen molar-refractivity contribution in [1.82, 2.24) is 5.32 Å². The summed E-state index contributed by atoms with van der Waals surface area (Å²) in [5, 5.41) is 2.67. The molecular formula is C13H16BrN3O2. The van der Waals surface area contributed by atoms with Crippen LogP contribution in [0.15, 0.2) is 28.7 Å². The molecule has 1 atom stereocenters. The number of benzene rings is 1. The molecule has 2 amide bonds. The molecule has 3 N–H and O–H groups in total. The van der Waals surface area contributed by atoms with Crippen LogP contribution < -0.4 is 16.0 Å². The largest absolute Gasteiger partial charge is 0.354 e. The first-order chi connectivity index (χ1) is 9.15. The lowest BCUT2D eigenvalue weighted by Crippen LogP contribution is -2.38. The van der Waals surface area contributed by atoms with Gasteiger partial charge < -0.3 is 16.0 Å². The van der Waals surface area contributed by atoms with E-state index >= 15 is 0 Å². The quantitative estimate of drug-likeness (QED) is 0.807. The highest BCUT2D eigenvalue weighted by atomic mass is 79.9. The highest BCUT2D eigenvalue weighted by Crippen LogP contribution is 2.31. The van der Waals surface area contributed by atoms with E-state index in [1.807, 2.05) is 24.3 Å². The fourth-order valence-electron chi connectivity index (χ4n) is 2.15. The first-order valence-electron chi connectivity index (χ1n) is 6.19. The predicted molar refractivity (Wildman–Crippen MR) is 76.7 cm³/mol. The van der Waals surface area contributed by atoms with Crippen molar-refractivity contribution in [3.63, 3.8) is 0 Å². The van der Waals surface area contributed by atoms with Gasteiger partial charge in [0, 0.05) is 24.1 Å². The van der Waals surface area contributed by atoms with Crippen LogP contribution in [0.3, 0.4) is 0 Å². The number of carbonyl (C=O) groups is 2. The molecule has 1 heterocycles. The molecule has 5 nitrogen and oxygen atoms in total. The molecule has 1 saturated heterocycles. The number of nitrogens with zero attached hydrogens (tertiary/aromatic N) is 1. The molecule has 1 unspecified atom stereocenters. The maximum Gasteiger partial charge on any atom is 0.239 e. The van der Waals surface area contributed by atoms with E-state index in [4.69, 9.17) is 5.73 Å². The Hall–Kier alpha value is -1.40. The second kappa shape index (κ2) is 6.16. The standard InChI is InChI=1S/C13H16BrN3O2/c14-10-3-1-2-4-11(10)17-8-5-9(13(17)19)12(18)16-7-6-15/h1-4,9H,5-8,15H2,(H,16,18). The lowest BCUT2D eigenvalue weighted by atomic mass is 10.1. The normalized spacial score (nSPS) is 18.7. The Morgan fingerprint density at radius 1 is 1.47 bits per heavy atom. The van der Waals surface area contributed by atoms with Gasteiger partial charge in [-0.15, -0.1) is 0 Å². The lowest BCUT2D eigenvalue weighted by Gasteiger charge is -2.18. The van der Waals surface area contributed by atoms with Gasteiger partial charge in [0.15, 0.2) is 0 Å². The Balaban J connectivity index is 2.10. The zero-order chi connectivity index (χ0) is 13.8. The van der Waals surface area contributed by atoms with Crippen molar-refractivity contribution in [3.8, 4) is 0 Å². The van der Waals surface area contributed by atoms with Crippen molar-refractivity contribution in [2.24, 2.45) is 11.7 Å². The smallest absolute Gasteiger partial charge is 0.239 e. The van der Waals surface area contributed by atoms with Crippen LogP contribution in [0.4, 0.5) is 5.69 Å². The van der Waals surface area contributed by atoms with Crippen LogP contribution in [-0.4, -0.2) is 31.4 Å². The van der Waals surface area contributed by atoms with Crippen LogP contribution in [0.2, 0.25) is 0 Å². The Morgan fingerprint density at radius 2 is 2.21 bits per heavy atom. The van der Waals surface area contributed by atoms with E-state index in [2.05, 4.69) is 21.2 Å². The molecular weight excluding hydrogens is 310 g/mol. The van der Waals surface area contributed by atoms with Crippen molar-refractivity contribution < 1.29 is 9.59 Å². The molecule has 19 heavy (non-hydrogen) atoms. The number of hydrogen-bond acceptors (Lipinski definition) is 3. The summed E-state index contributed by atoms with van der Waals surface area (Å²) in [5.41, 5.74) is 6.14. The number of rotatable bonds is 4. The van der Waals surface area contributed by atoms with Gasteiger partial charge in [-0.25, -0.2) is 0 Å². The molecule has 0 saturated carbocycles. The molecule has 0 radical (unpaired) electrons. The second-order valence-corrected chi connectivity index (χ2v) is 5.22. The number of amides is 2. The molecule has 1 fully saturated rings. The molecule has 1 aliphatic rings. The fourth-order valence-corrected chi connectivity index (χ4v) is 2.65. The Labute approximate surface area is 120 Å². The van der Waals surface area contributed by atoms with Gasteiger partial charge in [0.2, 0.25) is 11.8 Å². The number of hydrogen-bond donors (Lipinski definition) is 2. The molecule has 1 aliphatic heterocycles. The van der Waals surface area contributed by atoms with Gasteiger partial charge in [0.05, 0.1) is 5.69 Å². The van der Waals surface area contributed by atoms with Crippen molar-refractivity contribution in [3.05, 3.63) is 28.7 Å². The first kappa shape index (κ1) is 14.0. The van der Waals surface area contributed by atoms with E-state index < -0.39 is 5.92 Å². The second-order valence-electron chi connectivity index (χ2n) is 4.36. The minimum Gasteiger partial charge on any atom is -0.354 e. The molecule has 0 bridgehead atoms. The van der Waals surface area contributed by atoms with Gasteiger partial charge in [0.1, 0.15) is 5.92 Å². The highest BCUT2D eigenvalue weighted by molar-refractivity contribution is 9.10. The van der Waals surface area contributed by atoms with Crippen LogP contribution in [0, 0.1) is 5.92 Å². The molecule has 1 aromatic carbocycles. The number of anilines is 1. The maximum absolute atomic E-state index is 12.3. The zero-order valence-electron chi connectivity index (χ0n) is 10.4. The molecule has 1 aromatic rings. The van der Waals surface area contributed by atoms with Crippen LogP contribution in [-0.2, 0) is 9.59 Å². The van der Waals surface area contributed by atoms with E-state index in [1.165, 1.54) is 0 Å². The van der Waals surface area contributed by atoms with Crippen molar-refractivity contribution >= 4 is 33.4 Å². The summed E-state index contributed by atoms with van der Waals surface area (Å²) in [4.78, 5) is 25.8. The summed E-state index contributed by atoms with van der Waals surface area (Å²) >= 11 is 3.42. The van der Waals surface area contributed by atoms with Crippen LogP contribution in [0.5, 0.6) is 0 Å². The van der Waals surface area contributed by atoms with Gasteiger partial charge in [-0.1, -0.05) is 12.1 Å². The summed E-state index contributed by atoms with van der Waals surface area (Å²) < 4.78 is 0.853. The third-order valence-electron chi connectivity index (χ3n) is 3.11. The number of nitrogens with one attached hydrogen (secondary N) is 1. The number of nitrogens with two attached hydrogens (primary N) is 1. The van der Waals surface area contributed by atoms with Gasteiger partial charge in [-0.3, -0.25) is 9.59 Å². The summed E-state index contributed by atoms with van der Waals surface area (Å²) in [7, 11) is 0. The molecule has 0 spiro atoms. The van der Waals surface area contributed by atoms with E-state index in [9.17, 15) is 9.59 Å². The number of para-hydroxylation sites is 1. The average molecular weight is 326 g/mol. The summed E-state index contributed by atoms with van der Waals surface area (Å²) in [6, 6.07) is 7.50. The van der Waals surface area contributed by atoms with Gasteiger partial charge >= 0.3 is 0 Å². The van der Waals surface area contributed by atoms with E-state index in [1.54, 1.807) is 4.90 Å². The van der Waals surface area contributed by atoms with Crippen molar-refractivity contribution in [2.75, 3.05) is 24.5 Å². The number of carbonyl (C=O) groups excluding carboxylic acids is 2. The fraction of sp³-hybridized carbons (Fsp3) is 0.385. The van der Waals surface area contributed by atoms with Gasteiger partial charge in [0.25, 0.3) is 0 Å². The zero-order valence-corrected chi connectivity index (χ0v) is 12.0. The van der Waals surface area contributed by atoms with Gasteiger partial charge in [-0.2, -0.15) is 0 Å². The lowest BCUT2D eigenvalue weighted by molar-refractivity contribution is -0.132. The Morgan fingerprint density at radius 3 is 2.89 bits per heavy atom. The van der Waals surface area contributed by atoms with E-state index in [-0.39, 0.29) is 11.8 Å². The molecule has 0 aliphatic carbocycles. The predicted octanol–water partition coefficient (Wildman–Crippen LogP) is 0.877. The van der Waals surface area contributed by atoms with Crippen LogP contribution in [0.1, 0.15) is 6.42 Å². The highest BCUT2D eigenvalue weighted by Gasteiger charge is 2.37. The minimum absolute atomic E-state index is 0.151. The molecule has 0 aromatic heterocycles. The van der Waals surface area contributed by atoms with Crippen molar-refractivity contribution in [1.29, 1.82) is 0 Å². The average Bonchev–Trinajstić information content (AvgIpc) is 2.78.